The molecule has 1 amide bonds. The number of hydrogen-bond acceptors (Lipinski definition) is 4. The maximum atomic E-state index is 11.9. The Labute approximate surface area is 135 Å². The van der Waals surface area contributed by atoms with Gasteiger partial charge in [0, 0.05) is 12.6 Å². The van der Waals surface area contributed by atoms with Gasteiger partial charge in [0.2, 0.25) is 0 Å². The predicted octanol–water partition coefficient (Wildman–Crippen LogP) is 2.81. The zero-order valence-corrected chi connectivity index (χ0v) is 13.5. The van der Waals surface area contributed by atoms with E-state index in [1.807, 2.05) is 56.3 Å². The molecule has 0 atom stereocenters. The number of likely N-dealkylation sites (N-methyl/N-ethyl adjacent to an activating group) is 1. The summed E-state index contributed by atoms with van der Waals surface area (Å²) < 4.78 is 5.86. The Morgan fingerprint density at radius 1 is 1.13 bits per heavy atom. The van der Waals surface area contributed by atoms with Crippen LogP contribution in [0.3, 0.4) is 0 Å². The number of carbonyl (C=O) groups excluding carboxylic acids is 1. The van der Waals surface area contributed by atoms with Gasteiger partial charge in [0.25, 0.3) is 5.91 Å². The fourth-order valence-corrected chi connectivity index (χ4v) is 2.39. The number of para-hydroxylation sites is 1. The van der Waals surface area contributed by atoms with E-state index in [0.29, 0.717) is 5.56 Å². The summed E-state index contributed by atoms with van der Waals surface area (Å²) in [6.45, 7) is 4.11. The van der Waals surface area contributed by atoms with E-state index in [1.165, 1.54) is 7.05 Å². The Hall–Kier alpha value is -2.82. The third-order valence-corrected chi connectivity index (χ3v) is 3.61. The van der Waals surface area contributed by atoms with Gasteiger partial charge in [-0.3, -0.25) is 4.79 Å². The lowest BCUT2D eigenvalue weighted by atomic mass is 9.97. The molecule has 0 saturated carbocycles. The van der Waals surface area contributed by atoms with Gasteiger partial charge >= 0.3 is 0 Å². The van der Waals surface area contributed by atoms with E-state index >= 15 is 0 Å². The lowest BCUT2D eigenvalue weighted by Crippen LogP contribution is -2.30. The van der Waals surface area contributed by atoms with Crippen LogP contribution >= 0.6 is 0 Å². The van der Waals surface area contributed by atoms with Crippen molar-refractivity contribution in [3.63, 3.8) is 0 Å². The molecule has 0 aliphatic carbocycles. The Balaban J connectivity index is 2.35. The topological polar surface area (TPSA) is 70.9 Å². The average Bonchev–Trinajstić information content (AvgIpc) is 2.56. The van der Waals surface area contributed by atoms with Gasteiger partial charge in [-0.25, -0.2) is 0 Å². The molecule has 0 bridgehead atoms. The van der Waals surface area contributed by atoms with Crippen LogP contribution < -0.4 is 10.1 Å². The fourth-order valence-electron chi connectivity index (χ4n) is 2.39. The molecule has 0 aliphatic heterocycles. The van der Waals surface area contributed by atoms with E-state index in [-0.39, 0.29) is 12.3 Å². The van der Waals surface area contributed by atoms with Crippen molar-refractivity contribution in [1.82, 2.24) is 5.32 Å². The minimum Gasteiger partial charge on any atom is -0.489 e. The van der Waals surface area contributed by atoms with E-state index in [0.717, 1.165) is 22.4 Å². The summed E-state index contributed by atoms with van der Waals surface area (Å²) >= 11 is 0. The highest BCUT2D eigenvalue weighted by Gasteiger charge is 2.19. The van der Waals surface area contributed by atoms with Crippen molar-refractivity contribution in [1.29, 1.82) is 0 Å². The molecule has 5 nitrogen and oxygen atoms in total. The zero-order valence-electron chi connectivity index (χ0n) is 13.5. The number of carbonyl (C=O) groups is 1. The molecular formula is C18H20N2O3. The second-order valence-corrected chi connectivity index (χ2v) is 5.19. The van der Waals surface area contributed by atoms with E-state index in [2.05, 4.69) is 10.5 Å². The lowest BCUT2D eigenvalue weighted by molar-refractivity contribution is -0.114. The Morgan fingerprint density at radius 3 is 2.48 bits per heavy atom. The number of ether oxygens (including phenoxy) is 1. The molecule has 2 aromatic rings. The van der Waals surface area contributed by atoms with Crippen LogP contribution in [0.5, 0.6) is 5.75 Å². The van der Waals surface area contributed by atoms with Gasteiger partial charge in [-0.15, -0.1) is 0 Å². The Bertz CT molecular complexity index is 739. The quantitative estimate of drug-likeness (QED) is 0.506. The van der Waals surface area contributed by atoms with Crippen molar-refractivity contribution in [2.24, 2.45) is 5.16 Å². The SMILES string of the molecule is CNC(=O)/C(=N/O)c1c(C)cccc1COc1ccccc1C. The summed E-state index contributed by atoms with van der Waals surface area (Å²) in [5.41, 5.74) is 3.22. The van der Waals surface area contributed by atoms with E-state index in [9.17, 15) is 10.0 Å². The molecule has 2 rings (SSSR count). The number of rotatable bonds is 5. The van der Waals surface area contributed by atoms with Crippen LogP contribution in [0.4, 0.5) is 0 Å². The Kier molecular flexibility index (Phi) is 5.36. The van der Waals surface area contributed by atoms with Gasteiger partial charge in [0.15, 0.2) is 5.71 Å². The molecule has 23 heavy (non-hydrogen) atoms. The monoisotopic (exact) mass is 312 g/mol. The second-order valence-electron chi connectivity index (χ2n) is 5.19. The van der Waals surface area contributed by atoms with E-state index in [1.54, 1.807) is 0 Å². The van der Waals surface area contributed by atoms with Crippen molar-refractivity contribution in [2.75, 3.05) is 7.05 Å². The summed E-state index contributed by atoms with van der Waals surface area (Å²) in [6.07, 6.45) is 0. The van der Waals surface area contributed by atoms with Gasteiger partial charge in [-0.1, -0.05) is 41.6 Å². The predicted molar refractivity (Wildman–Crippen MR) is 89.1 cm³/mol. The summed E-state index contributed by atoms with van der Waals surface area (Å²) in [7, 11) is 1.50. The molecule has 120 valence electrons. The minimum absolute atomic E-state index is 0.0195. The Morgan fingerprint density at radius 2 is 1.83 bits per heavy atom. The molecular weight excluding hydrogens is 292 g/mol. The molecule has 0 radical (unpaired) electrons. The molecule has 0 spiro atoms. The normalized spacial score (nSPS) is 11.2. The summed E-state index contributed by atoms with van der Waals surface area (Å²) in [5, 5.41) is 14.9. The van der Waals surface area contributed by atoms with Crippen molar-refractivity contribution in [3.05, 3.63) is 64.7 Å². The van der Waals surface area contributed by atoms with Crippen LogP contribution in [0.1, 0.15) is 22.3 Å². The average molecular weight is 312 g/mol. The third kappa shape index (κ3) is 3.69. The van der Waals surface area contributed by atoms with Gasteiger partial charge < -0.3 is 15.3 Å². The summed E-state index contributed by atoms with van der Waals surface area (Å²) in [5.74, 6) is 0.335. The lowest BCUT2D eigenvalue weighted by Gasteiger charge is -2.15. The number of aryl methyl sites for hydroxylation is 2. The van der Waals surface area contributed by atoms with Gasteiger partial charge in [-0.2, -0.15) is 0 Å². The molecule has 5 heteroatoms. The fraction of sp³-hybridized carbons (Fsp3) is 0.222. The molecule has 2 aromatic carbocycles. The van der Waals surface area contributed by atoms with Gasteiger partial charge in [0.05, 0.1) is 0 Å². The number of hydrogen-bond donors (Lipinski definition) is 2. The molecule has 0 saturated heterocycles. The first kappa shape index (κ1) is 16.5. The largest absolute Gasteiger partial charge is 0.489 e. The van der Waals surface area contributed by atoms with Crippen molar-refractivity contribution < 1.29 is 14.7 Å². The van der Waals surface area contributed by atoms with Crippen molar-refractivity contribution in [3.8, 4) is 5.75 Å². The minimum atomic E-state index is -0.445. The zero-order chi connectivity index (χ0) is 16.8. The number of amides is 1. The first-order valence-corrected chi connectivity index (χ1v) is 7.30. The van der Waals surface area contributed by atoms with Crippen LogP contribution in [0.2, 0.25) is 0 Å². The van der Waals surface area contributed by atoms with Gasteiger partial charge in [0.1, 0.15) is 12.4 Å². The molecule has 0 unspecified atom stereocenters. The highest BCUT2D eigenvalue weighted by Crippen LogP contribution is 2.21. The summed E-state index contributed by atoms with van der Waals surface area (Å²) in [4.78, 5) is 11.9. The second kappa shape index (κ2) is 7.45. The van der Waals surface area contributed by atoms with E-state index < -0.39 is 5.91 Å². The number of oxime groups is 1. The van der Waals surface area contributed by atoms with Crippen LogP contribution in [0.25, 0.3) is 0 Å². The van der Waals surface area contributed by atoms with Crippen LogP contribution in [-0.2, 0) is 11.4 Å². The standard InChI is InChI=1S/C18H20N2O3/c1-12-7-4-5-10-15(12)23-11-14-9-6-8-13(2)16(14)17(20-22)18(21)19-3/h4-10,22H,11H2,1-3H3,(H,19,21)/b20-17+. The summed E-state index contributed by atoms with van der Waals surface area (Å²) in [6, 6.07) is 13.3. The first-order valence-electron chi connectivity index (χ1n) is 7.30. The molecule has 2 N–H and O–H groups in total. The van der Waals surface area contributed by atoms with Crippen LogP contribution in [-0.4, -0.2) is 23.9 Å². The number of nitrogens with zero attached hydrogens (tertiary/aromatic N) is 1. The van der Waals surface area contributed by atoms with Gasteiger partial charge in [-0.05, 0) is 36.6 Å². The third-order valence-electron chi connectivity index (χ3n) is 3.61. The number of benzene rings is 2. The van der Waals surface area contributed by atoms with Crippen molar-refractivity contribution in [2.45, 2.75) is 20.5 Å². The highest BCUT2D eigenvalue weighted by molar-refractivity contribution is 6.45. The maximum absolute atomic E-state index is 11.9. The maximum Gasteiger partial charge on any atom is 0.273 e. The molecule has 0 heterocycles. The molecule has 0 aromatic heterocycles. The van der Waals surface area contributed by atoms with Crippen molar-refractivity contribution >= 4 is 11.6 Å². The number of nitrogens with one attached hydrogen (secondary N) is 1. The first-order chi connectivity index (χ1) is 11.1. The van der Waals surface area contributed by atoms with E-state index in [4.69, 9.17) is 4.74 Å². The smallest absolute Gasteiger partial charge is 0.273 e. The highest BCUT2D eigenvalue weighted by atomic mass is 16.5. The molecule has 0 fully saturated rings. The molecule has 0 aliphatic rings. The van der Waals surface area contributed by atoms with Crippen LogP contribution in [0, 0.1) is 13.8 Å². The van der Waals surface area contributed by atoms with Crippen LogP contribution in [0.15, 0.2) is 47.6 Å².